The van der Waals surface area contributed by atoms with Crippen LogP contribution in [0, 0.1) is 6.92 Å². The summed E-state index contributed by atoms with van der Waals surface area (Å²) in [5, 5.41) is 11.6. The van der Waals surface area contributed by atoms with Gasteiger partial charge in [0.15, 0.2) is 0 Å². The van der Waals surface area contributed by atoms with Crippen LogP contribution in [0.5, 0.6) is 5.88 Å². The molecule has 110 valence electrons. The molecule has 1 heterocycles. The zero-order chi connectivity index (χ0) is 15.7. The van der Waals surface area contributed by atoms with Crippen LogP contribution in [0.4, 0.5) is 5.69 Å². The zero-order valence-corrected chi connectivity index (χ0v) is 12.4. The van der Waals surface area contributed by atoms with Crippen molar-refractivity contribution in [3.05, 3.63) is 70.0 Å². The van der Waals surface area contributed by atoms with E-state index in [4.69, 9.17) is 0 Å². The van der Waals surface area contributed by atoms with Gasteiger partial charge in [0.2, 0.25) is 5.88 Å². The van der Waals surface area contributed by atoms with Crippen LogP contribution in [0.25, 0.3) is 10.8 Å². The molecule has 0 radical (unpaired) electrons. The third-order valence-corrected chi connectivity index (χ3v) is 3.76. The lowest BCUT2D eigenvalue weighted by atomic mass is 10.1. The Labute approximate surface area is 128 Å². The van der Waals surface area contributed by atoms with Gasteiger partial charge in [-0.05, 0) is 24.6 Å². The first-order chi connectivity index (χ1) is 10.6. The first-order valence-corrected chi connectivity index (χ1v) is 7.00. The normalized spacial score (nSPS) is 11.4. The second kappa shape index (κ2) is 5.48. The quantitative estimate of drug-likeness (QED) is 0.737. The number of fused-ring (bicyclic) bond motifs is 1. The highest BCUT2D eigenvalue weighted by Gasteiger charge is 2.12. The second-order valence-corrected chi connectivity index (χ2v) is 5.19. The number of pyridine rings is 1. The summed E-state index contributed by atoms with van der Waals surface area (Å²) in [7, 11) is 1.55. The minimum absolute atomic E-state index is 0.0824. The highest BCUT2D eigenvalue weighted by Crippen LogP contribution is 2.24. The summed E-state index contributed by atoms with van der Waals surface area (Å²) in [4.78, 5) is 16.6. The van der Waals surface area contributed by atoms with Crippen LogP contribution in [0.3, 0.4) is 0 Å². The number of benzene rings is 2. The van der Waals surface area contributed by atoms with Crippen molar-refractivity contribution >= 4 is 22.7 Å². The maximum Gasteiger partial charge on any atom is 0.260 e. The van der Waals surface area contributed by atoms with Gasteiger partial charge in [0.25, 0.3) is 5.56 Å². The summed E-state index contributed by atoms with van der Waals surface area (Å²) < 4.78 is 1.24. The summed E-state index contributed by atoms with van der Waals surface area (Å²) in [5.41, 5.74) is 2.20. The van der Waals surface area contributed by atoms with E-state index in [1.165, 1.54) is 4.57 Å². The number of hydrogen-bond donors (Lipinski definition) is 1. The number of aryl methyl sites for hydroxylation is 1. The third kappa shape index (κ3) is 2.29. The van der Waals surface area contributed by atoms with E-state index >= 15 is 0 Å². The molecule has 0 spiro atoms. The van der Waals surface area contributed by atoms with Gasteiger partial charge in [-0.1, -0.05) is 36.4 Å². The first kappa shape index (κ1) is 14.1. The van der Waals surface area contributed by atoms with Gasteiger partial charge >= 0.3 is 0 Å². The van der Waals surface area contributed by atoms with Crippen LogP contribution in [-0.2, 0) is 7.05 Å². The molecule has 0 aliphatic heterocycles. The number of hydrogen-bond acceptors (Lipinski definition) is 3. The van der Waals surface area contributed by atoms with Crippen molar-refractivity contribution in [3.63, 3.8) is 0 Å². The monoisotopic (exact) mass is 292 g/mol. The van der Waals surface area contributed by atoms with E-state index in [-0.39, 0.29) is 11.4 Å². The molecule has 0 fully saturated rings. The van der Waals surface area contributed by atoms with Crippen LogP contribution in [-0.4, -0.2) is 15.9 Å². The summed E-state index contributed by atoms with van der Waals surface area (Å²) in [6.07, 6.45) is 1.61. The molecule has 0 bridgehead atoms. The maximum absolute atomic E-state index is 12.2. The summed E-state index contributed by atoms with van der Waals surface area (Å²) in [6, 6.07) is 15.0. The Morgan fingerprint density at radius 3 is 2.41 bits per heavy atom. The van der Waals surface area contributed by atoms with Crippen LogP contribution in [0.1, 0.15) is 11.1 Å². The molecule has 4 heteroatoms. The number of aromatic nitrogens is 1. The van der Waals surface area contributed by atoms with E-state index in [1.54, 1.807) is 19.3 Å². The molecule has 0 aliphatic rings. The number of aromatic hydroxyl groups is 1. The van der Waals surface area contributed by atoms with Crippen molar-refractivity contribution < 1.29 is 5.11 Å². The molecule has 0 unspecified atom stereocenters. The molecule has 0 aliphatic carbocycles. The highest BCUT2D eigenvalue weighted by molar-refractivity contribution is 6.02. The van der Waals surface area contributed by atoms with Gasteiger partial charge in [-0.3, -0.25) is 14.4 Å². The van der Waals surface area contributed by atoms with Crippen LogP contribution in [0.15, 0.2) is 58.3 Å². The number of aliphatic imine (C=N–C) groups is 1. The SMILES string of the molecule is Cc1ccccc1N=Cc1c(O)n(C)c(=O)c2ccccc12. The van der Waals surface area contributed by atoms with Crippen molar-refractivity contribution in [2.45, 2.75) is 6.92 Å². The molecular formula is C18H16N2O2. The fourth-order valence-electron chi connectivity index (χ4n) is 2.45. The third-order valence-electron chi connectivity index (χ3n) is 3.76. The molecular weight excluding hydrogens is 276 g/mol. The number of para-hydroxylation sites is 1. The van der Waals surface area contributed by atoms with E-state index in [0.717, 1.165) is 11.3 Å². The fraction of sp³-hybridized carbons (Fsp3) is 0.111. The van der Waals surface area contributed by atoms with E-state index in [1.807, 2.05) is 49.4 Å². The van der Waals surface area contributed by atoms with Gasteiger partial charge in [-0.25, -0.2) is 0 Å². The Morgan fingerprint density at radius 1 is 1.05 bits per heavy atom. The molecule has 1 aromatic heterocycles. The lowest BCUT2D eigenvalue weighted by Gasteiger charge is -2.09. The summed E-state index contributed by atoms with van der Waals surface area (Å²) in [6.45, 7) is 1.98. The molecule has 0 amide bonds. The summed E-state index contributed by atoms with van der Waals surface area (Å²) >= 11 is 0. The number of nitrogens with zero attached hydrogens (tertiary/aromatic N) is 2. The Morgan fingerprint density at radius 2 is 1.68 bits per heavy atom. The maximum atomic E-state index is 12.2. The van der Waals surface area contributed by atoms with Gasteiger partial charge < -0.3 is 5.11 Å². The van der Waals surface area contributed by atoms with Crippen molar-refractivity contribution in [3.8, 4) is 5.88 Å². The van der Waals surface area contributed by atoms with Crippen molar-refractivity contribution in [2.75, 3.05) is 0 Å². The van der Waals surface area contributed by atoms with Gasteiger partial charge in [-0.15, -0.1) is 0 Å². The number of rotatable bonds is 2. The average Bonchev–Trinajstić information content (AvgIpc) is 2.54. The van der Waals surface area contributed by atoms with Gasteiger partial charge in [-0.2, -0.15) is 0 Å². The van der Waals surface area contributed by atoms with E-state index in [2.05, 4.69) is 4.99 Å². The van der Waals surface area contributed by atoms with Crippen molar-refractivity contribution in [2.24, 2.45) is 12.0 Å². The predicted octanol–water partition coefficient (Wildman–Crippen LogP) is 3.30. The van der Waals surface area contributed by atoms with Crippen molar-refractivity contribution in [1.29, 1.82) is 0 Å². The predicted molar refractivity (Wildman–Crippen MR) is 89.3 cm³/mol. The Hall–Kier alpha value is -2.88. The van der Waals surface area contributed by atoms with Gasteiger partial charge in [0, 0.05) is 24.0 Å². The molecule has 3 rings (SSSR count). The largest absolute Gasteiger partial charge is 0.494 e. The second-order valence-electron chi connectivity index (χ2n) is 5.19. The average molecular weight is 292 g/mol. The molecule has 3 aromatic rings. The van der Waals surface area contributed by atoms with Gasteiger partial charge in [0.05, 0.1) is 11.3 Å². The van der Waals surface area contributed by atoms with Crippen molar-refractivity contribution in [1.82, 2.24) is 4.57 Å². The van der Waals surface area contributed by atoms with Crippen LogP contribution < -0.4 is 5.56 Å². The minimum Gasteiger partial charge on any atom is -0.494 e. The molecule has 0 saturated heterocycles. The highest BCUT2D eigenvalue weighted by atomic mass is 16.3. The molecule has 0 saturated carbocycles. The molecule has 2 aromatic carbocycles. The lowest BCUT2D eigenvalue weighted by Crippen LogP contribution is -2.18. The smallest absolute Gasteiger partial charge is 0.260 e. The molecule has 0 atom stereocenters. The minimum atomic E-state index is -0.221. The lowest BCUT2D eigenvalue weighted by molar-refractivity contribution is 0.424. The topological polar surface area (TPSA) is 54.6 Å². The zero-order valence-electron chi connectivity index (χ0n) is 12.4. The van der Waals surface area contributed by atoms with E-state index < -0.39 is 0 Å². The molecule has 22 heavy (non-hydrogen) atoms. The van der Waals surface area contributed by atoms with Crippen LogP contribution in [0.2, 0.25) is 0 Å². The first-order valence-electron chi connectivity index (χ1n) is 7.00. The molecule has 4 nitrogen and oxygen atoms in total. The standard InChI is InChI=1S/C18H16N2O2/c1-12-7-3-6-10-16(12)19-11-15-13-8-4-5-9-14(13)17(21)20(2)18(15)22/h3-11,22H,1-2H3. The fourth-order valence-corrected chi connectivity index (χ4v) is 2.45. The van der Waals surface area contributed by atoms with Gasteiger partial charge in [0.1, 0.15) is 0 Å². The molecule has 1 N–H and O–H groups in total. The Balaban J connectivity index is 2.23. The Kier molecular flexibility index (Phi) is 3.51. The van der Waals surface area contributed by atoms with E-state index in [0.29, 0.717) is 16.3 Å². The van der Waals surface area contributed by atoms with E-state index in [9.17, 15) is 9.90 Å². The van der Waals surface area contributed by atoms with Crippen LogP contribution >= 0.6 is 0 Å². The Bertz CT molecular complexity index is 939. The summed E-state index contributed by atoms with van der Waals surface area (Å²) in [5.74, 6) is -0.0824.